The number of fused-ring (bicyclic) bond motifs is 1. The Bertz CT molecular complexity index is 1010. The maximum atomic E-state index is 12.4. The number of hydrogen-bond acceptors (Lipinski definition) is 7. The Kier molecular flexibility index (Phi) is 3.45. The van der Waals surface area contributed by atoms with Gasteiger partial charge in [-0.25, -0.2) is 0 Å². The molecular weight excluding hydrogens is 315 g/mol. The number of imide groups is 1. The Morgan fingerprint density at radius 2 is 1.88 bits per heavy atom. The van der Waals surface area contributed by atoms with Gasteiger partial charge in [-0.1, -0.05) is 6.07 Å². The lowest BCUT2D eigenvalue weighted by atomic mass is 9.78. The number of nitrogen functional groups attached to an aromatic ring is 1. The second-order valence-electron chi connectivity index (χ2n) is 5.03. The minimum Gasteiger partial charge on any atom is -0.423 e. The summed E-state index contributed by atoms with van der Waals surface area (Å²) in [5.74, 6) is -1.83. The average Bonchev–Trinajstić information content (AvgIpc) is 2.81. The average molecular weight is 324 g/mol. The van der Waals surface area contributed by atoms with Crippen LogP contribution in [0.2, 0.25) is 0 Å². The summed E-state index contributed by atoms with van der Waals surface area (Å²) in [6.07, 6.45) is 0. The maximum absolute atomic E-state index is 12.4. The summed E-state index contributed by atoms with van der Waals surface area (Å²) in [7, 11) is -1.94. The van der Waals surface area contributed by atoms with Gasteiger partial charge in [-0.2, -0.15) is 5.26 Å². The zero-order valence-electron chi connectivity index (χ0n) is 12.0. The summed E-state index contributed by atoms with van der Waals surface area (Å²) >= 11 is 0. The number of hydrogen-bond donors (Lipinski definition) is 4. The molecule has 10 heteroatoms. The van der Waals surface area contributed by atoms with E-state index in [4.69, 9.17) is 11.0 Å². The zero-order chi connectivity index (χ0) is 17.6. The highest BCUT2D eigenvalue weighted by Crippen LogP contribution is 2.22. The summed E-state index contributed by atoms with van der Waals surface area (Å²) in [5, 5.41) is 30.0. The first kappa shape index (κ1) is 15.5. The van der Waals surface area contributed by atoms with Crippen LogP contribution in [-0.2, 0) is 0 Å². The van der Waals surface area contributed by atoms with Crippen molar-refractivity contribution in [1.82, 2.24) is 9.88 Å². The van der Waals surface area contributed by atoms with Gasteiger partial charge in [0, 0.05) is 11.5 Å². The predicted molar refractivity (Wildman–Crippen MR) is 82.8 cm³/mol. The van der Waals surface area contributed by atoms with Gasteiger partial charge in [0.15, 0.2) is 0 Å². The molecule has 0 radical (unpaired) electrons. The molecule has 1 aromatic carbocycles. The smallest absolute Gasteiger partial charge is 0.423 e. The molecule has 1 aromatic heterocycles. The second kappa shape index (κ2) is 5.34. The van der Waals surface area contributed by atoms with E-state index in [0.717, 1.165) is 10.6 Å². The van der Waals surface area contributed by atoms with Crippen LogP contribution in [0.15, 0.2) is 29.1 Å². The van der Waals surface area contributed by atoms with Crippen molar-refractivity contribution in [2.75, 3.05) is 5.73 Å². The van der Waals surface area contributed by atoms with Crippen molar-refractivity contribution in [3.63, 3.8) is 0 Å². The molecular formula is C14H9BN4O5. The van der Waals surface area contributed by atoms with Crippen molar-refractivity contribution < 1.29 is 19.6 Å². The summed E-state index contributed by atoms with van der Waals surface area (Å²) < 4.78 is 0.854. The SMILES string of the molecule is N#Cc1ccc(B(O)O)c(-n2c(N)c3c(cc2=O)C(=O)NC3=O)c1. The number of anilines is 1. The fourth-order valence-corrected chi connectivity index (χ4v) is 2.55. The van der Waals surface area contributed by atoms with Crippen LogP contribution in [0.4, 0.5) is 5.82 Å². The molecule has 118 valence electrons. The quantitative estimate of drug-likeness (QED) is 0.362. The molecule has 0 aliphatic carbocycles. The summed E-state index contributed by atoms with van der Waals surface area (Å²) in [5.41, 5.74) is 4.78. The molecule has 0 saturated carbocycles. The molecule has 2 aromatic rings. The number of pyridine rings is 1. The molecule has 5 N–H and O–H groups in total. The van der Waals surface area contributed by atoms with Gasteiger partial charge in [-0.3, -0.25) is 24.3 Å². The zero-order valence-corrected chi connectivity index (χ0v) is 12.0. The van der Waals surface area contributed by atoms with E-state index < -0.39 is 24.5 Å². The van der Waals surface area contributed by atoms with E-state index in [1.54, 1.807) is 0 Å². The molecule has 1 aliphatic rings. The molecule has 24 heavy (non-hydrogen) atoms. The molecule has 0 fully saturated rings. The van der Waals surface area contributed by atoms with Crippen LogP contribution in [0, 0.1) is 11.3 Å². The van der Waals surface area contributed by atoms with Crippen molar-refractivity contribution in [2.45, 2.75) is 0 Å². The normalized spacial score (nSPS) is 12.5. The Hall–Kier alpha value is -3.42. The molecule has 2 heterocycles. The minimum absolute atomic E-state index is 0.0681. The molecule has 3 rings (SSSR count). The summed E-state index contributed by atoms with van der Waals surface area (Å²) in [6.45, 7) is 0. The standard InChI is InChI=1S/C14H9BN4O5/c16-5-6-1-2-8(15(23)24)9(3-6)19-10(20)4-7-11(12(19)17)14(22)18-13(7)21/h1-4,23-24H,17H2,(H,18,21,22). The van der Waals surface area contributed by atoms with Crippen LogP contribution < -0.4 is 22.1 Å². The van der Waals surface area contributed by atoms with Crippen molar-refractivity contribution in [3.05, 3.63) is 51.3 Å². The van der Waals surface area contributed by atoms with Crippen molar-refractivity contribution in [2.24, 2.45) is 0 Å². The van der Waals surface area contributed by atoms with Gasteiger partial charge in [0.2, 0.25) is 0 Å². The van der Waals surface area contributed by atoms with E-state index in [1.165, 1.54) is 18.2 Å². The molecule has 0 saturated heterocycles. The number of nitrogens with two attached hydrogens (primary N) is 1. The molecule has 9 nitrogen and oxygen atoms in total. The van der Waals surface area contributed by atoms with Crippen LogP contribution in [0.5, 0.6) is 0 Å². The third-order valence-electron chi connectivity index (χ3n) is 3.63. The maximum Gasteiger partial charge on any atom is 0.490 e. The van der Waals surface area contributed by atoms with E-state index in [1.807, 2.05) is 11.4 Å². The minimum atomic E-state index is -1.94. The lowest BCUT2D eigenvalue weighted by molar-refractivity contribution is 0.0880. The predicted octanol–water partition coefficient (Wildman–Crippen LogP) is -2.15. The number of nitrogens with one attached hydrogen (secondary N) is 1. The van der Waals surface area contributed by atoms with Gasteiger partial charge in [-0.15, -0.1) is 0 Å². The van der Waals surface area contributed by atoms with Gasteiger partial charge >= 0.3 is 7.12 Å². The Labute approximate surface area is 134 Å². The number of nitrogens with zero attached hydrogens (tertiary/aromatic N) is 2. The highest BCUT2D eigenvalue weighted by molar-refractivity contribution is 6.60. The van der Waals surface area contributed by atoms with E-state index in [2.05, 4.69) is 0 Å². The first-order valence-corrected chi connectivity index (χ1v) is 6.67. The molecule has 0 atom stereocenters. The Morgan fingerprint density at radius 1 is 1.17 bits per heavy atom. The van der Waals surface area contributed by atoms with Crippen LogP contribution in [0.25, 0.3) is 5.69 Å². The van der Waals surface area contributed by atoms with Crippen LogP contribution in [0.1, 0.15) is 26.3 Å². The second-order valence-corrected chi connectivity index (χ2v) is 5.03. The number of benzene rings is 1. The topological polar surface area (TPSA) is 158 Å². The first-order chi connectivity index (χ1) is 11.3. The van der Waals surface area contributed by atoms with Crippen LogP contribution >= 0.6 is 0 Å². The van der Waals surface area contributed by atoms with Gasteiger partial charge in [0.1, 0.15) is 5.82 Å². The van der Waals surface area contributed by atoms with E-state index in [0.29, 0.717) is 0 Å². The summed E-state index contributed by atoms with van der Waals surface area (Å²) in [4.78, 5) is 35.9. The highest BCUT2D eigenvalue weighted by atomic mass is 16.4. The number of carbonyl (C=O) groups excluding carboxylic acids is 2. The van der Waals surface area contributed by atoms with Crippen LogP contribution in [0.3, 0.4) is 0 Å². The number of rotatable bonds is 2. The van der Waals surface area contributed by atoms with Gasteiger partial charge in [-0.05, 0) is 12.1 Å². The number of carbonyl (C=O) groups is 2. The Balaban J connectivity index is 2.39. The van der Waals surface area contributed by atoms with Crippen molar-refractivity contribution in [1.29, 1.82) is 5.26 Å². The molecule has 0 bridgehead atoms. The van der Waals surface area contributed by atoms with Crippen LogP contribution in [-0.4, -0.2) is 33.5 Å². The number of nitriles is 1. The monoisotopic (exact) mass is 324 g/mol. The summed E-state index contributed by atoms with van der Waals surface area (Å²) in [6, 6.07) is 6.61. The lowest BCUT2D eigenvalue weighted by Gasteiger charge is -2.15. The lowest BCUT2D eigenvalue weighted by Crippen LogP contribution is -2.37. The third kappa shape index (κ3) is 2.16. The van der Waals surface area contributed by atoms with E-state index in [9.17, 15) is 24.4 Å². The van der Waals surface area contributed by atoms with Crippen molar-refractivity contribution >= 4 is 30.2 Å². The molecule has 0 spiro atoms. The molecule has 2 amide bonds. The molecule has 0 unspecified atom stereocenters. The number of amides is 2. The highest BCUT2D eigenvalue weighted by Gasteiger charge is 2.32. The largest absolute Gasteiger partial charge is 0.490 e. The van der Waals surface area contributed by atoms with Crippen molar-refractivity contribution in [3.8, 4) is 11.8 Å². The van der Waals surface area contributed by atoms with Gasteiger partial charge in [0.05, 0.1) is 28.4 Å². The Morgan fingerprint density at radius 3 is 2.50 bits per heavy atom. The van der Waals surface area contributed by atoms with E-state index in [-0.39, 0.29) is 33.7 Å². The van der Waals surface area contributed by atoms with E-state index >= 15 is 0 Å². The van der Waals surface area contributed by atoms with Gasteiger partial charge in [0.25, 0.3) is 17.4 Å². The number of aromatic nitrogens is 1. The van der Waals surface area contributed by atoms with Gasteiger partial charge < -0.3 is 15.8 Å². The fraction of sp³-hybridized carbons (Fsp3) is 0. The third-order valence-corrected chi connectivity index (χ3v) is 3.63. The fourth-order valence-electron chi connectivity index (χ4n) is 2.55. The first-order valence-electron chi connectivity index (χ1n) is 6.67. The molecule has 1 aliphatic heterocycles.